The molecule has 64 valence electrons. The van der Waals surface area contributed by atoms with E-state index in [1.807, 2.05) is 0 Å². The Labute approximate surface area is 74.2 Å². The second kappa shape index (κ2) is 3.39. The molecular formula is C8H16N2S. The monoisotopic (exact) mass is 172 g/mol. The number of thiocarbonyl (C=S) groups is 1. The van der Waals surface area contributed by atoms with E-state index in [1.165, 1.54) is 6.42 Å². The molecule has 0 amide bonds. The van der Waals surface area contributed by atoms with E-state index >= 15 is 0 Å². The summed E-state index contributed by atoms with van der Waals surface area (Å²) in [6.07, 6.45) is 1.23. The lowest BCUT2D eigenvalue weighted by atomic mass is 10.2. The molecule has 0 aromatic carbocycles. The maximum atomic E-state index is 5.28. The average Bonchev–Trinajstić information content (AvgIpc) is 1.94. The van der Waals surface area contributed by atoms with Crippen LogP contribution in [0.4, 0.5) is 0 Å². The van der Waals surface area contributed by atoms with Crippen LogP contribution in [0.3, 0.4) is 0 Å². The summed E-state index contributed by atoms with van der Waals surface area (Å²) in [6.45, 7) is 6.61. The van der Waals surface area contributed by atoms with Gasteiger partial charge in [0.15, 0.2) is 5.11 Å². The molecule has 0 aromatic heterocycles. The Hall–Kier alpha value is -0.310. The molecule has 0 aromatic rings. The smallest absolute Gasteiger partial charge is 0.171 e. The summed E-state index contributed by atoms with van der Waals surface area (Å²) in [6, 6.07) is 0.547. The highest BCUT2D eigenvalue weighted by Gasteiger charge is 2.20. The fraction of sp³-hybridized carbons (Fsp3) is 0.875. The van der Waals surface area contributed by atoms with Gasteiger partial charge in [-0.05, 0) is 32.5 Å². The van der Waals surface area contributed by atoms with Gasteiger partial charge in [-0.3, -0.25) is 0 Å². The predicted octanol–water partition coefficient (Wildman–Crippen LogP) is 1.32. The van der Waals surface area contributed by atoms with Crippen LogP contribution in [0.5, 0.6) is 0 Å². The number of nitrogens with zero attached hydrogens (tertiary/aromatic N) is 2. The van der Waals surface area contributed by atoms with Crippen LogP contribution in [0, 0.1) is 0 Å². The topological polar surface area (TPSA) is 6.48 Å². The molecule has 0 N–H and O–H groups in total. The number of hydrogen-bond donors (Lipinski definition) is 0. The minimum Gasteiger partial charge on any atom is -0.352 e. The SMILES string of the molecule is CC(C)N1CCCN(C)C1=S. The molecule has 11 heavy (non-hydrogen) atoms. The molecular weight excluding hydrogens is 156 g/mol. The molecule has 0 radical (unpaired) electrons. The first-order valence-corrected chi connectivity index (χ1v) is 4.55. The maximum absolute atomic E-state index is 5.28. The van der Waals surface area contributed by atoms with Gasteiger partial charge in [0.05, 0.1) is 0 Å². The summed E-state index contributed by atoms with van der Waals surface area (Å²) in [4.78, 5) is 4.43. The van der Waals surface area contributed by atoms with E-state index in [9.17, 15) is 0 Å². The van der Waals surface area contributed by atoms with Gasteiger partial charge in [-0.1, -0.05) is 0 Å². The van der Waals surface area contributed by atoms with Gasteiger partial charge in [0.2, 0.25) is 0 Å². The Balaban J connectivity index is 2.58. The van der Waals surface area contributed by atoms with E-state index in [2.05, 4.69) is 30.7 Å². The molecule has 0 saturated carbocycles. The van der Waals surface area contributed by atoms with Crippen molar-refractivity contribution in [2.45, 2.75) is 26.3 Å². The van der Waals surface area contributed by atoms with Crippen molar-refractivity contribution in [1.29, 1.82) is 0 Å². The maximum Gasteiger partial charge on any atom is 0.171 e. The molecule has 1 heterocycles. The predicted molar refractivity (Wildman–Crippen MR) is 51.7 cm³/mol. The summed E-state index contributed by atoms with van der Waals surface area (Å²) in [5, 5.41) is 1.01. The van der Waals surface area contributed by atoms with Crippen molar-refractivity contribution in [2.75, 3.05) is 20.1 Å². The van der Waals surface area contributed by atoms with E-state index in [-0.39, 0.29) is 0 Å². The highest BCUT2D eigenvalue weighted by atomic mass is 32.1. The van der Waals surface area contributed by atoms with Gasteiger partial charge >= 0.3 is 0 Å². The van der Waals surface area contributed by atoms with Gasteiger partial charge in [-0.2, -0.15) is 0 Å². The largest absolute Gasteiger partial charge is 0.352 e. The molecule has 0 atom stereocenters. The Morgan fingerprint density at radius 1 is 1.36 bits per heavy atom. The highest BCUT2D eigenvalue weighted by molar-refractivity contribution is 7.80. The van der Waals surface area contributed by atoms with Crippen molar-refractivity contribution in [1.82, 2.24) is 9.80 Å². The van der Waals surface area contributed by atoms with Crippen LogP contribution in [0.2, 0.25) is 0 Å². The molecule has 1 fully saturated rings. The molecule has 0 spiro atoms. The molecule has 0 unspecified atom stereocenters. The Morgan fingerprint density at radius 2 is 2.00 bits per heavy atom. The summed E-state index contributed by atoms with van der Waals surface area (Å²) in [7, 11) is 2.07. The molecule has 3 heteroatoms. The normalized spacial score (nSPS) is 19.8. The average molecular weight is 172 g/mol. The summed E-state index contributed by atoms with van der Waals surface area (Å²) >= 11 is 5.28. The van der Waals surface area contributed by atoms with Crippen LogP contribution >= 0.6 is 12.2 Å². The van der Waals surface area contributed by atoms with Crippen molar-refractivity contribution in [2.24, 2.45) is 0 Å². The summed E-state index contributed by atoms with van der Waals surface area (Å²) < 4.78 is 0. The number of rotatable bonds is 1. The lowest BCUT2D eigenvalue weighted by Gasteiger charge is -2.38. The van der Waals surface area contributed by atoms with Gasteiger partial charge in [-0.25, -0.2) is 0 Å². The molecule has 1 rings (SSSR count). The molecule has 1 aliphatic rings. The lowest BCUT2D eigenvalue weighted by molar-refractivity contribution is 0.256. The Kier molecular flexibility index (Phi) is 2.71. The first-order valence-electron chi connectivity index (χ1n) is 4.14. The summed E-state index contributed by atoms with van der Waals surface area (Å²) in [5.41, 5.74) is 0. The van der Waals surface area contributed by atoms with Crippen molar-refractivity contribution in [3.63, 3.8) is 0 Å². The Morgan fingerprint density at radius 3 is 2.45 bits per heavy atom. The zero-order valence-electron chi connectivity index (χ0n) is 7.50. The first-order chi connectivity index (χ1) is 5.13. The third kappa shape index (κ3) is 1.83. The minimum atomic E-state index is 0.547. The van der Waals surface area contributed by atoms with Crippen LogP contribution in [0.15, 0.2) is 0 Å². The lowest BCUT2D eigenvalue weighted by Crippen LogP contribution is -2.49. The van der Waals surface area contributed by atoms with Gasteiger partial charge < -0.3 is 9.80 Å². The van der Waals surface area contributed by atoms with Crippen LogP contribution in [0.1, 0.15) is 20.3 Å². The first kappa shape index (κ1) is 8.78. The quantitative estimate of drug-likeness (QED) is 0.551. The number of hydrogen-bond acceptors (Lipinski definition) is 1. The van der Waals surface area contributed by atoms with Gasteiger partial charge in [0, 0.05) is 26.2 Å². The van der Waals surface area contributed by atoms with Crippen LogP contribution in [0.25, 0.3) is 0 Å². The van der Waals surface area contributed by atoms with E-state index in [4.69, 9.17) is 12.2 Å². The van der Waals surface area contributed by atoms with Crippen molar-refractivity contribution >= 4 is 17.3 Å². The van der Waals surface area contributed by atoms with E-state index in [1.54, 1.807) is 0 Å². The molecule has 1 aliphatic heterocycles. The zero-order valence-corrected chi connectivity index (χ0v) is 8.32. The fourth-order valence-electron chi connectivity index (χ4n) is 1.37. The standard InChI is InChI=1S/C8H16N2S/c1-7(2)10-6-4-5-9(3)8(10)11/h7H,4-6H2,1-3H3. The van der Waals surface area contributed by atoms with Crippen LogP contribution < -0.4 is 0 Å². The minimum absolute atomic E-state index is 0.547. The van der Waals surface area contributed by atoms with E-state index in [0.29, 0.717) is 6.04 Å². The second-order valence-corrected chi connectivity index (χ2v) is 3.71. The molecule has 2 nitrogen and oxygen atoms in total. The second-order valence-electron chi connectivity index (χ2n) is 3.34. The Bertz CT molecular complexity index is 156. The van der Waals surface area contributed by atoms with Gasteiger partial charge in [0.1, 0.15) is 0 Å². The van der Waals surface area contributed by atoms with E-state index in [0.717, 1.165) is 18.2 Å². The fourth-order valence-corrected chi connectivity index (χ4v) is 1.76. The summed E-state index contributed by atoms with van der Waals surface area (Å²) in [5.74, 6) is 0. The van der Waals surface area contributed by atoms with Crippen molar-refractivity contribution in [3.8, 4) is 0 Å². The third-order valence-corrected chi connectivity index (χ3v) is 2.63. The van der Waals surface area contributed by atoms with E-state index < -0.39 is 0 Å². The van der Waals surface area contributed by atoms with Crippen molar-refractivity contribution in [3.05, 3.63) is 0 Å². The molecule has 0 aliphatic carbocycles. The zero-order chi connectivity index (χ0) is 8.43. The van der Waals surface area contributed by atoms with Crippen LogP contribution in [-0.4, -0.2) is 41.1 Å². The molecule has 1 saturated heterocycles. The molecule has 0 bridgehead atoms. The van der Waals surface area contributed by atoms with Crippen molar-refractivity contribution < 1.29 is 0 Å². The highest BCUT2D eigenvalue weighted by Crippen LogP contribution is 2.10. The van der Waals surface area contributed by atoms with Gasteiger partial charge in [0.25, 0.3) is 0 Å². The van der Waals surface area contributed by atoms with Gasteiger partial charge in [-0.15, -0.1) is 0 Å². The van der Waals surface area contributed by atoms with Crippen LogP contribution in [-0.2, 0) is 0 Å². The third-order valence-electron chi connectivity index (χ3n) is 2.09.